The van der Waals surface area contributed by atoms with Gasteiger partial charge in [-0.3, -0.25) is 4.79 Å². The van der Waals surface area contributed by atoms with Crippen molar-refractivity contribution in [1.82, 2.24) is 5.32 Å². The van der Waals surface area contributed by atoms with E-state index in [0.717, 1.165) is 29.0 Å². The topological polar surface area (TPSA) is 38.3 Å². The van der Waals surface area contributed by atoms with Gasteiger partial charge in [0.05, 0.1) is 6.04 Å². The van der Waals surface area contributed by atoms with Crippen molar-refractivity contribution in [1.29, 1.82) is 0 Å². The van der Waals surface area contributed by atoms with Crippen molar-refractivity contribution in [3.63, 3.8) is 0 Å². The summed E-state index contributed by atoms with van der Waals surface area (Å²) in [6, 6.07) is 19.6. The first-order valence-electron chi connectivity index (χ1n) is 9.03. The van der Waals surface area contributed by atoms with E-state index in [1.54, 1.807) is 0 Å². The van der Waals surface area contributed by atoms with Gasteiger partial charge in [-0.25, -0.2) is 8.78 Å². The molecule has 3 aromatic carbocycles. The molecule has 0 aliphatic heterocycles. The number of benzene rings is 3. The molecule has 1 N–H and O–H groups in total. The first-order chi connectivity index (χ1) is 14.0. The van der Waals surface area contributed by atoms with Gasteiger partial charge in [-0.05, 0) is 41.5 Å². The molecule has 29 heavy (non-hydrogen) atoms. The fourth-order valence-electron chi connectivity index (χ4n) is 2.73. The van der Waals surface area contributed by atoms with Gasteiger partial charge in [-0.15, -0.1) is 6.42 Å². The molecular formula is C24H19F2NO2. The second kappa shape index (κ2) is 9.52. The lowest BCUT2D eigenvalue weighted by molar-refractivity contribution is 0.0945. The zero-order valence-electron chi connectivity index (χ0n) is 15.6. The summed E-state index contributed by atoms with van der Waals surface area (Å²) in [6.07, 6.45) is 5.91. The lowest BCUT2D eigenvalue weighted by atomic mass is 10.1. The van der Waals surface area contributed by atoms with Crippen LogP contribution in [0.15, 0.2) is 72.8 Å². The Labute approximate surface area is 168 Å². The molecule has 146 valence electrons. The van der Waals surface area contributed by atoms with Gasteiger partial charge in [0.15, 0.2) is 11.6 Å². The Morgan fingerprint density at radius 3 is 2.34 bits per heavy atom. The van der Waals surface area contributed by atoms with Gasteiger partial charge in [0.1, 0.15) is 12.4 Å². The predicted molar refractivity (Wildman–Crippen MR) is 107 cm³/mol. The minimum atomic E-state index is -1.08. The molecule has 0 heterocycles. The quantitative estimate of drug-likeness (QED) is 0.602. The summed E-state index contributed by atoms with van der Waals surface area (Å²) in [7, 11) is 0. The summed E-state index contributed by atoms with van der Waals surface area (Å²) < 4.78 is 32.1. The van der Waals surface area contributed by atoms with Gasteiger partial charge < -0.3 is 10.1 Å². The van der Waals surface area contributed by atoms with Crippen LogP contribution in [0.2, 0.25) is 0 Å². The molecule has 1 unspecified atom stereocenters. The summed E-state index contributed by atoms with van der Waals surface area (Å²) in [5.74, 6) is 0.578. The number of hydrogen-bond donors (Lipinski definition) is 1. The third kappa shape index (κ3) is 5.66. The third-order valence-electron chi connectivity index (χ3n) is 4.30. The monoisotopic (exact) mass is 391 g/mol. The van der Waals surface area contributed by atoms with Crippen molar-refractivity contribution in [2.75, 3.05) is 0 Å². The fourth-order valence-corrected chi connectivity index (χ4v) is 2.73. The van der Waals surface area contributed by atoms with Crippen LogP contribution in [0.5, 0.6) is 5.75 Å². The molecule has 1 atom stereocenters. The Bertz CT molecular complexity index is 1010. The van der Waals surface area contributed by atoms with E-state index in [1.807, 2.05) is 54.6 Å². The summed E-state index contributed by atoms with van der Waals surface area (Å²) in [5, 5.41) is 2.64. The number of nitrogens with one attached hydrogen (secondary N) is 1. The molecule has 5 heteroatoms. The molecule has 0 spiro atoms. The van der Waals surface area contributed by atoms with Crippen LogP contribution in [0.25, 0.3) is 0 Å². The molecule has 0 bridgehead atoms. The van der Waals surface area contributed by atoms with Gasteiger partial charge >= 0.3 is 0 Å². The number of halogens is 2. The van der Waals surface area contributed by atoms with Crippen molar-refractivity contribution in [3.8, 4) is 18.1 Å². The third-order valence-corrected chi connectivity index (χ3v) is 4.30. The highest BCUT2D eigenvalue weighted by Crippen LogP contribution is 2.16. The van der Waals surface area contributed by atoms with E-state index in [0.29, 0.717) is 13.0 Å². The average Bonchev–Trinajstić information content (AvgIpc) is 2.75. The second-order valence-electron chi connectivity index (χ2n) is 6.44. The molecule has 0 aromatic heterocycles. The van der Waals surface area contributed by atoms with Crippen LogP contribution in [-0.2, 0) is 13.0 Å². The summed E-state index contributed by atoms with van der Waals surface area (Å²) in [4.78, 5) is 12.2. The molecule has 1 amide bonds. The van der Waals surface area contributed by atoms with Crippen LogP contribution in [0.1, 0.15) is 21.5 Å². The van der Waals surface area contributed by atoms with Gasteiger partial charge in [0, 0.05) is 12.0 Å². The second-order valence-corrected chi connectivity index (χ2v) is 6.44. The van der Waals surface area contributed by atoms with Crippen LogP contribution in [0, 0.1) is 24.0 Å². The molecule has 0 aliphatic rings. The molecular weight excluding hydrogens is 372 g/mol. The summed E-state index contributed by atoms with van der Waals surface area (Å²) in [6.45, 7) is 0.470. The lowest BCUT2D eigenvalue weighted by Gasteiger charge is -2.14. The highest BCUT2D eigenvalue weighted by atomic mass is 19.2. The number of amides is 1. The Kier molecular flexibility index (Phi) is 6.59. The minimum Gasteiger partial charge on any atom is -0.489 e. The lowest BCUT2D eigenvalue weighted by Crippen LogP contribution is -2.35. The van der Waals surface area contributed by atoms with Crippen LogP contribution < -0.4 is 10.1 Å². The van der Waals surface area contributed by atoms with E-state index in [1.165, 1.54) is 6.07 Å². The van der Waals surface area contributed by atoms with Crippen molar-refractivity contribution < 1.29 is 18.3 Å². The first kappa shape index (κ1) is 20.1. The zero-order chi connectivity index (χ0) is 20.6. The van der Waals surface area contributed by atoms with E-state index in [9.17, 15) is 13.6 Å². The Hall–Kier alpha value is -3.65. The molecule has 3 rings (SSSR count). The minimum absolute atomic E-state index is 0.00816. The number of hydrogen-bond acceptors (Lipinski definition) is 2. The van der Waals surface area contributed by atoms with Crippen LogP contribution in [0.4, 0.5) is 8.78 Å². The molecule has 0 fully saturated rings. The SMILES string of the molecule is C#CC(Cc1ccc(OCc2ccccc2)cc1)NC(=O)c1ccc(F)c(F)c1. The van der Waals surface area contributed by atoms with Crippen molar-refractivity contribution in [3.05, 3.63) is 101 Å². The Morgan fingerprint density at radius 2 is 1.69 bits per heavy atom. The smallest absolute Gasteiger partial charge is 0.252 e. The van der Waals surface area contributed by atoms with E-state index >= 15 is 0 Å². The molecule has 3 nitrogen and oxygen atoms in total. The molecule has 0 saturated carbocycles. The zero-order valence-corrected chi connectivity index (χ0v) is 15.6. The molecule has 0 saturated heterocycles. The van der Waals surface area contributed by atoms with Gasteiger partial charge in [-0.1, -0.05) is 48.4 Å². The highest BCUT2D eigenvalue weighted by Gasteiger charge is 2.14. The van der Waals surface area contributed by atoms with Crippen molar-refractivity contribution in [2.24, 2.45) is 0 Å². The van der Waals surface area contributed by atoms with Crippen molar-refractivity contribution in [2.45, 2.75) is 19.1 Å². The van der Waals surface area contributed by atoms with Crippen molar-refractivity contribution >= 4 is 5.91 Å². The number of ether oxygens (including phenoxy) is 1. The maximum absolute atomic E-state index is 13.3. The van der Waals surface area contributed by atoms with Crippen LogP contribution >= 0.6 is 0 Å². The number of terminal acetylenes is 1. The van der Waals surface area contributed by atoms with Crippen LogP contribution in [-0.4, -0.2) is 11.9 Å². The maximum atomic E-state index is 13.3. The molecule has 0 radical (unpaired) electrons. The Morgan fingerprint density at radius 1 is 0.966 bits per heavy atom. The van der Waals surface area contributed by atoms with E-state index in [4.69, 9.17) is 11.2 Å². The highest BCUT2D eigenvalue weighted by molar-refractivity contribution is 5.94. The number of carbonyl (C=O) groups excluding carboxylic acids is 1. The summed E-state index contributed by atoms with van der Waals surface area (Å²) in [5.41, 5.74) is 1.99. The molecule has 0 aliphatic carbocycles. The molecule has 3 aromatic rings. The predicted octanol–water partition coefficient (Wildman–Crippen LogP) is 4.52. The van der Waals surface area contributed by atoms with E-state index in [-0.39, 0.29) is 5.56 Å². The largest absolute Gasteiger partial charge is 0.489 e. The van der Waals surface area contributed by atoms with Gasteiger partial charge in [0.25, 0.3) is 5.91 Å². The summed E-state index contributed by atoms with van der Waals surface area (Å²) >= 11 is 0. The van der Waals surface area contributed by atoms with E-state index < -0.39 is 23.6 Å². The van der Waals surface area contributed by atoms with Gasteiger partial charge in [0.2, 0.25) is 0 Å². The van der Waals surface area contributed by atoms with Gasteiger partial charge in [-0.2, -0.15) is 0 Å². The maximum Gasteiger partial charge on any atom is 0.252 e. The average molecular weight is 391 g/mol. The van der Waals surface area contributed by atoms with Crippen LogP contribution in [0.3, 0.4) is 0 Å². The van der Waals surface area contributed by atoms with E-state index in [2.05, 4.69) is 11.2 Å². The number of carbonyl (C=O) groups is 1. The standard InChI is InChI=1S/C24H19F2NO2/c1-2-20(27-24(28)19-10-13-22(25)23(26)15-19)14-17-8-11-21(12-9-17)29-16-18-6-4-3-5-7-18/h1,3-13,15,20H,14,16H2,(H,27,28). The Balaban J connectivity index is 1.56. The number of rotatable bonds is 7. The fraction of sp³-hybridized carbons (Fsp3) is 0.125. The first-order valence-corrected chi connectivity index (χ1v) is 9.03. The normalized spacial score (nSPS) is 11.3.